The molecule has 0 bridgehead atoms. The summed E-state index contributed by atoms with van der Waals surface area (Å²) >= 11 is 5.81. The summed E-state index contributed by atoms with van der Waals surface area (Å²) in [4.78, 5) is 37.1. The Balaban J connectivity index is 1.91. The van der Waals surface area contributed by atoms with E-state index in [0.717, 1.165) is 0 Å². The van der Waals surface area contributed by atoms with Crippen LogP contribution >= 0.6 is 11.6 Å². The number of anilines is 1. The third-order valence-corrected chi connectivity index (χ3v) is 4.47. The fraction of sp³-hybridized carbons (Fsp3) is 0.318. The maximum Gasteiger partial charge on any atom is 0.251 e. The number of amides is 3. The quantitative estimate of drug-likeness (QED) is 0.567. The molecular weight excluding hydrogens is 406 g/mol. The minimum atomic E-state index is -0.785. The van der Waals surface area contributed by atoms with Crippen molar-refractivity contribution in [2.24, 2.45) is 5.92 Å². The number of ether oxygens (including phenoxy) is 1. The van der Waals surface area contributed by atoms with Crippen LogP contribution in [0.2, 0.25) is 5.02 Å². The van der Waals surface area contributed by atoms with E-state index in [1.165, 1.54) is 0 Å². The van der Waals surface area contributed by atoms with Crippen LogP contribution < -0.4 is 20.7 Å². The lowest BCUT2D eigenvalue weighted by Gasteiger charge is -2.21. The molecule has 0 aliphatic rings. The monoisotopic (exact) mass is 431 g/mol. The van der Waals surface area contributed by atoms with Crippen molar-refractivity contribution >= 4 is 35.0 Å². The molecule has 0 spiro atoms. The van der Waals surface area contributed by atoms with Gasteiger partial charge in [0.05, 0.1) is 13.2 Å². The van der Waals surface area contributed by atoms with E-state index in [0.29, 0.717) is 28.6 Å². The first kappa shape index (κ1) is 23.2. The number of hydrogen-bond donors (Lipinski definition) is 3. The van der Waals surface area contributed by atoms with Crippen LogP contribution in [0, 0.1) is 5.92 Å². The van der Waals surface area contributed by atoms with Crippen LogP contribution in [0.4, 0.5) is 5.69 Å². The van der Waals surface area contributed by atoms with Crippen LogP contribution in [0.1, 0.15) is 31.1 Å². The third-order valence-electron chi connectivity index (χ3n) is 4.21. The molecule has 0 heterocycles. The normalized spacial score (nSPS) is 11.5. The summed E-state index contributed by atoms with van der Waals surface area (Å²) < 4.78 is 5.36. The van der Waals surface area contributed by atoms with Crippen LogP contribution in [-0.4, -0.2) is 36.9 Å². The highest BCUT2D eigenvalue weighted by Crippen LogP contribution is 2.14. The Morgan fingerprint density at radius 1 is 1.00 bits per heavy atom. The van der Waals surface area contributed by atoms with Crippen molar-refractivity contribution in [2.45, 2.75) is 26.8 Å². The molecule has 30 heavy (non-hydrogen) atoms. The predicted octanol–water partition coefficient (Wildman–Crippen LogP) is 3.25. The molecule has 8 heteroatoms. The summed E-state index contributed by atoms with van der Waals surface area (Å²) in [5.74, 6) is -0.700. The van der Waals surface area contributed by atoms with E-state index in [4.69, 9.17) is 16.3 Å². The second-order valence-corrected chi connectivity index (χ2v) is 7.36. The summed E-state index contributed by atoms with van der Waals surface area (Å²) in [6, 6.07) is 12.5. The van der Waals surface area contributed by atoms with E-state index in [9.17, 15) is 14.4 Å². The van der Waals surface area contributed by atoms with Gasteiger partial charge in [0.15, 0.2) is 0 Å². The Hall–Kier alpha value is -3.06. The molecule has 0 saturated carbocycles. The summed E-state index contributed by atoms with van der Waals surface area (Å²) in [6.07, 6.45) is 0. The van der Waals surface area contributed by atoms with Gasteiger partial charge in [0.1, 0.15) is 11.8 Å². The number of rotatable bonds is 9. The van der Waals surface area contributed by atoms with E-state index < -0.39 is 11.9 Å². The van der Waals surface area contributed by atoms with Crippen molar-refractivity contribution in [1.82, 2.24) is 10.6 Å². The molecule has 2 aromatic carbocycles. The van der Waals surface area contributed by atoms with Crippen LogP contribution in [0.15, 0.2) is 48.5 Å². The Bertz CT molecular complexity index is 867. The predicted molar refractivity (Wildman–Crippen MR) is 117 cm³/mol. The number of halogens is 1. The van der Waals surface area contributed by atoms with Gasteiger partial charge in [0, 0.05) is 16.3 Å². The third kappa shape index (κ3) is 7.08. The van der Waals surface area contributed by atoms with Crippen molar-refractivity contribution in [3.8, 4) is 5.75 Å². The molecule has 1 atom stereocenters. The fourth-order valence-electron chi connectivity index (χ4n) is 2.64. The van der Waals surface area contributed by atoms with Crippen LogP contribution in [-0.2, 0) is 9.59 Å². The summed E-state index contributed by atoms with van der Waals surface area (Å²) in [6.45, 7) is 5.82. The summed E-state index contributed by atoms with van der Waals surface area (Å²) in [5, 5.41) is 8.51. The first-order valence-corrected chi connectivity index (χ1v) is 10.0. The second-order valence-electron chi connectivity index (χ2n) is 6.93. The molecule has 2 rings (SSSR count). The Morgan fingerprint density at radius 3 is 2.20 bits per heavy atom. The molecule has 0 fully saturated rings. The van der Waals surface area contributed by atoms with Crippen molar-refractivity contribution in [3.63, 3.8) is 0 Å². The van der Waals surface area contributed by atoms with Gasteiger partial charge in [-0.2, -0.15) is 0 Å². The minimum Gasteiger partial charge on any atom is -0.494 e. The number of carbonyl (C=O) groups is 3. The van der Waals surface area contributed by atoms with Gasteiger partial charge in [0.25, 0.3) is 5.91 Å². The highest BCUT2D eigenvalue weighted by Gasteiger charge is 2.25. The van der Waals surface area contributed by atoms with Gasteiger partial charge in [-0.3, -0.25) is 14.4 Å². The van der Waals surface area contributed by atoms with Crippen molar-refractivity contribution in [2.75, 3.05) is 18.5 Å². The van der Waals surface area contributed by atoms with Gasteiger partial charge >= 0.3 is 0 Å². The maximum absolute atomic E-state index is 12.5. The SMILES string of the molecule is CCOc1ccc(C(=O)NC(C(=O)NCC(=O)Nc2ccc(Cl)cc2)C(C)C)cc1. The second kappa shape index (κ2) is 11.2. The summed E-state index contributed by atoms with van der Waals surface area (Å²) in [5.41, 5.74) is 0.986. The van der Waals surface area contributed by atoms with E-state index in [1.807, 2.05) is 20.8 Å². The highest BCUT2D eigenvalue weighted by atomic mass is 35.5. The molecule has 0 saturated heterocycles. The molecule has 0 aliphatic heterocycles. The molecule has 3 amide bonds. The smallest absolute Gasteiger partial charge is 0.251 e. The lowest BCUT2D eigenvalue weighted by Crippen LogP contribution is -2.51. The zero-order chi connectivity index (χ0) is 22.1. The Kier molecular flexibility index (Phi) is 8.68. The zero-order valence-corrected chi connectivity index (χ0v) is 18.0. The number of hydrogen-bond acceptors (Lipinski definition) is 4. The molecule has 0 radical (unpaired) electrons. The fourth-order valence-corrected chi connectivity index (χ4v) is 2.77. The van der Waals surface area contributed by atoms with E-state index in [-0.39, 0.29) is 24.3 Å². The van der Waals surface area contributed by atoms with Gasteiger partial charge in [-0.25, -0.2) is 0 Å². The largest absolute Gasteiger partial charge is 0.494 e. The summed E-state index contributed by atoms with van der Waals surface area (Å²) in [7, 11) is 0. The van der Waals surface area contributed by atoms with Crippen LogP contribution in [0.25, 0.3) is 0 Å². The topological polar surface area (TPSA) is 96.5 Å². The first-order chi connectivity index (χ1) is 14.3. The maximum atomic E-state index is 12.5. The molecule has 160 valence electrons. The minimum absolute atomic E-state index is 0.170. The van der Waals surface area contributed by atoms with Gasteiger partial charge in [-0.1, -0.05) is 25.4 Å². The number of carbonyl (C=O) groups excluding carboxylic acids is 3. The van der Waals surface area contributed by atoms with Gasteiger partial charge < -0.3 is 20.7 Å². The van der Waals surface area contributed by atoms with Gasteiger partial charge in [-0.05, 0) is 61.4 Å². The Morgan fingerprint density at radius 2 is 1.63 bits per heavy atom. The van der Waals surface area contributed by atoms with Crippen LogP contribution in [0.3, 0.4) is 0 Å². The average molecular weight is 432 g/mol. The van der Waals surface area contributed by atoms with Crippen molar-refractivity contribution in [3.05, 3.63) is 59.1 Å². The molecule has 0 aromatic heterocycles. The zero-order valence-electron chi connectivity index (χ0n) is 17.2. The van der Waals surface area contributed by atoms with Crippen molar-refractivity contribution in [1.29, 1.82) is 0 Å². The van der Waals surface area contributed by atoms with E-state index >= 15 is 0 Å². The standard InChI is InChI=1S/C22H26ClN3O4/c1-4-30-18-11-5-15(6-12-18)21(28)26-20(14(2)3)22(29)24-13-19(27)25-17-9-7-16(23)8-10-17/h5-12,14,20H,4,13H2,1-3H3,(H,24,29)(H,25,27)(H,26,28). The highest BCUT2D eigenvalue weighted by molar-refractivity contribution is 6.30. The van der Waals surface area contributed by atoms with Crippen molar-refractivity contribution < 1.29 is 19.1 Å². The molecule has 1 unspecified atom stereocenters. The van der Waals surface area contributed by atoms with Gasteiger partial charge in [-0.15, -0.1) is 0 Å². The van der Waals surface area contributed by atoms with Crippen LogP contribution in [0.5, 0.6) is 5.75 Å². The number of nitrogens with one attached hydrogen (secondary N) is 3. The average Bonchev–Trinajstić information content (AvgIpc) is 2.72. The Labute approximate surface area is 181 Å². The van der Waals surface area contributed by atoms with Gasteiger partial charge in [0.2, 0.25) is 11.8 Å². The molecule has 2 aromatic rings. The molecule has 7 nitrogen and oxygen atoms in total. The lowest BCUT2D eigenvalue weighted by atomic mass is 10.0. The number of benzene rings is 2. The molecule has 3 N–H and O–H groups in total. The van der Waals surface area contributed by atoms with E-state index in [1.54, 1.807) is 48.5 Å². The molecular formula is C22H26ClN3O4. The van der Waals surface area contributed by atoms with E-state index in [2.05, 4.69) is 16.0 Å². The molecule has 0 aliphatic carbocycles. The first-order valence-electron chi connectivity index (χ1n) is 9.67. The lowest BCUT2D eigenvalue weighted by molar-refractivity contribution is -0.126.